The number of carbonyl (C=O) groups excluding carboxylic acids is 2. The number of nitrogens with one attached hydrogen (secondary N) is 2. The maximum Gasteiger partial charge on any atom is 0.317 e. The van der Waals surface area contributed by atoms with E-state index >= 15 is 0 Å². The molecule has 138 valence electrons. The van der Waals surface area contributed by atoms with Gasteiger partial charge in [0, 0.05) is 18.0 Å². The molecule has 3 rings (SSSR count). The zero-order chi connectivity index (χ0) is 18.5. The zero-order valence-corrected chi connectivity index (χ0v) is 16.3. The molecule has 2 N–H and O–H groups in total. The molecular weight excluding hydrogens is 393 g/mol. The van der Waals surface area contributed by atoms with Crippen molar-refractivity contribution in [3.05, 3.63) is 50.6 Å². The summed E-state index contributed by atoms with van der Waals surface area (Å²) < 4.78 is 0. The number of halogens is 2. The minimum Gasteiger partial charge on any atom is -0.333 e. The predicted molar refractivity (Wildman–Crippen MR) is 106 cm³/mol. The number of thiophene rings is 1. The van der Waals surface area contributed by atoms with E-state index < -0.39 is 0 Å². The van der Waals surface area contributed by atoms with Crippen LogP contribution >= 0.6 is 34.5 Å². The predicted octanol–water partition coefficient (Wildman–Crippen LogP) is 4.62. The van der Waals surface area contributed by atoms with Crippen molar-refractivity contribution in [3.8, 4) is 0 Å². The number of nitrogens with zero attached hydrogens (tertiary/aromatic N) is 1. The molecule has 1 unspecified atom stereocenters. The highest BCUT2D eigenvalue weighted by atomic mass is 35.5. The summed E-state index contributed by atoms with van der Waals surface area (Å²) in [5, 5.41) is 8.42. The Hall–Kier alpha value is -1.76. The van der Waals surface area contributed by atoms with Gasteiger partial charge < -0.3 is 15.5 Å². The van der Waals surface area contributed by atoms with E-state index in [1.54, 1.807) is 34.4 Å². The topological polar surface area (TPSA) is 61.4 Å². The van der Waals surface area contributed by atoms with E-state index in [1.807, 2.05) is 17.5 Å². The van der Waals surface area contributed by atoms with E-state index in [-0.39, 0.29) is 17.9 Å². The molecule has 0 radical (unpaired) electrons. The van der Waals surface area contributed by atoms with Gasteiger partial charge in [-0.05, 0) is 36.4 Å². The summed E-state index contributed by atoms with van der Waals surface area (Å²) in [4.78, 5) is 27.7. The van der Waals surface area contributed by atoms with Crippen LogP contribution < -0.4 is 10.6 Å². The standard InChI is InChI=1S/C18H19Cl2N3O2S/c19-14-6-1-7-15(16(14)20)22-17(24)12-4-2-8-23(11-12)18(25)21-10-13-5-3-9-26-13/h1,3,5-7,9,12H,2,4,8,10-11H2,(H,21,25)(H,22,24). The normalized spacial score (nSPS) is 17.0. The van der Waals surface area contributed by atoms with Crippen LogP contribution in [0.3, 0.4) is 0 Å². The van der Waals surface area contributed by atoms with E-state index in [1.165, 1.54) is 0 Å². The quantitative estimate of drug-likeness (QED) is 0.770. The van der Waals surface area contributed by atoms with Gasteiger partial charge in [-0.2, -0.15) is 0 Å². The van der Waals surface area contributed by atoms with Crippen molar-refractivity contribution >= 4 is 52.2 Å². The molecule has 8 heteroatoms. The molecule has 0 aliphatic carbocycles. The number of urea groups is 1. The molecule has 3 amide bonds. The highest BCUT2D eigenvalue weighted by Gasteiger charge is 2.28. The lowest BCUT2D eigenvalue weighted by molar-refractivity contribution is -0.121. The van der Waals surface area contributed by atoms with Crippen LogP contribution in [0.5, 0.6) is 0 Å². The fraction of sp³-hybridized carbons (Fsp3) is 0.333. The van der Waals surface area contributed by atoms with Crippen LogP contribution in [0.4, 0.5) is 10.5 Å². The number of hydrogen-bond donors (Lipinski definition) is 2. The number of amides is 3. The van der Waals surface area contributed by atoms with Crippen LogP contribution in [-0.2, 0) is 11.3 Å². The second kappa shape index (κ2) is 8.75. The molecule has 1 aromatic carbocycles. The molecule has 1 fully saturated rings. The first-order valence-corrected chi connectivity index (χ1v) is 9.98. The number of likely N-dealkylation sites (tertiary alicyclic amines) is 1. The monoisotopic (exact) mass is 411 g/mol. The fourth-order valence-electron chi connectivity index (χ4n) is 2.90. The minimum atomic E-state index is -0.272. The number of rotatable bonds is 4. The molecular formula is C18H19Cl2N3O2S. The molecule has 0 bridgehead atoms. The van der Waals surface area contributed by atoms with Gasteiger partial charge in [-0.15, -0.1) is 11.3 Å². The Bertz CT molecular complexity index is 783. The molecule has 1 aliphatic heterocycles. The summed E-state index contributed by atoms with van der Waals surface area (Å²) in [5.41, 5.74) is 0.489. The Morgan fingerprint density at radius 3 is 2.85 bits per heavy atom. The van der Waals surface area contributed by atoms with Crippen LogP contribution in [0.1, 0.15) is 17.7 Å². The maximum absolute atomic E-state index is 12.6. The molecule has 1 aromatic heterocycles. The fourth-order valence-corrected chi connectivity index (χ4v) is 3.89. The van der Waals surface area contributed by atoms with Gasteiger partial charge >= 0.3 is 6.03 Å². The summed E-state index contributed by atoms with van der Waals surface area (Å²) in [6.45, 7) is 1.54. The largest absolute Gasteiger partial charge is 0.333 e. The third-order valence-corrected chi connectivity index (χ3v) is 5.98. The summed E-state index contributed by atoms with van der Waals surface area (Å²) in [6, 6.07) is 8.90. The molecule has 2 heterocycles. The van der Waals surface area contributed by atoms with Gasteiger partial charge in [0.15, 0.2) is 0 Å². The summed E-state index contributed by atoms with van der Waals surface area (Å²) in [7, 11) is 0. The molecule has 5 nitrogen and oxygen atoms in total. The van der Waals surface area contributed by atoms with E-state index in [9.17, 15) is 9.59 Å². The van der Waals surface area contributed by atoms with Crippen molar-refractivity contribution in [2.75, 3.05) is 18.4 Å². The molecule has 1 saturated heterocycles. The lowest BCUT2D eigenvalue weighted by Crippen LogP contribution is -2.47. The average Bonchev–Trinajstić information content (AvgIpc) is 3.17. The lowest BCUT2D eigenvalue weighted by Gasteiger charge is -2.32. The number of piperidine rings is 1. The maximum atomic E-state index is 12.6. The molecule has 1 aliphatic rings. The van der Waals surface area contributed by atoms with Crippen molar-refractivity contribution in [1.29, 1.82) is 0 Å². The van der Waals surface area contributed by atoms with Crippen molar-refractivity contribution in [2.24, 2.45) is 5.92 Å². The second-order valence-electron chi connectivity index (χ2n) is 6.11. The van der Waals surface area contributed by atoms with Gasteiger partial charge in [-0.3, -0.25) is 4.79 Å². The zero-order valence-electron chi connectivity index (χ0n) is 14.0. The van der Waals surface area contributed by atoms with Crippen LogP contribution in [-0.4, -0.2) is 29.9 Å². The Balaban J connectivity index is 1.56. The second-order valence-corrected chi connectivity index (χ2v) is 7.93. The van der Waals surface area contributed by atoms with Gasteiger partial charge in [-0.25, -0.2) is 4.79 Å². The Labute approximate surface area is 166 Å². The SMILES string of the molecule is O=C(Nc1cccc(Cl)c1Cl)C1CCCN(C(=O)NCc2cccs2)C1. The number of hydrogen-bond acceptors (Lipinski definition) is 3. The summed E-state index contributed by atoms with van der Waals surface area (Å²) in [6.07, 6.45) is 1.52. The number of carbonyl (C=O) groups is 2. The summed E-state index contributed by atoms with van der Waals surface area (Å²) >= 11 is 13.7. The first-order valence-electron chi connectivity index (χ1n) is 8.34. The third kappa shape index (κ3) is 4.69. The smallest absolute Gasteiger partial charge is 0.317 e. The molecule has 26 heavy (non-hydrogen) atoms. The number of anilines is 1. The van der Waals surface area contributed by atoms with Gasteiger partial charge in [-0.1, -0.05) is 35.3 Å². The highest BCUT2D eigenvalue weighted by Crippen LogP contribution is 2.30. The van der Waals surface area contributed by atoms with Crippen molar-refractivity contribution in [1.82, 2.24) is 10.2 Å². The van der Waals surface area contributed by atoms with Crippen LogP contribution in [0.25, 0.3) is 0 Å². The van der Waals surface area contributed by atoms with Gasteiger partial charge in [0.05, 0.1) is 28.2 Å². The first kappa shape index (κ1) is 19.0. The lowest BCUT2D eigenvalue weighted by atomic mass is 9.97. The van der Waals surface area contributed by atoms with Crippen molar-refractivity contribution in [3.63, 3.8) is 0 Å². The van der Waals surface area contributed by atoms with Crippen molar-refractivity contribution in [2.45, 2.75) is 19.4 Å². The third-order valence-electron chi connectivity index (χ3n) is 4.28. The Kier molecular flexibility index (Phi) is 6.40. The molecule has 2 aromatic rings. The highest BCUT2D eigenvalue weighted by molar-refractivity contribution is 7.09. The van der Waals surface area contributed by atoms with E-state index in [0.717, 1.165) is 17.7 Å². The van der Waals surface area contributed by atoms with Crippen LogP contribution in [0.2, 0.25) is 10.0 Å². The van der Waals surface area contributed by atoms with E-state index in [0.29, 0.717) is 35.4 Å². The van der Waals surface area contributed by atoms with Crippen molar-refractivity contribution < 1.29 is 9.59 Å². The Morgan fingerprint density at radius 1 is 1.23 bits per heavy atom. The molecule has 1 atom stereocenters. The first-order chi connectivity index (χ1) is 12.5. The van der Waals surface area contributed by atoms with Gasteiger partial charge in [0.1, 0.15) is 0 Å². The summed E-state index contributed by atoms with van der Waals surface area (Å²) in [5.74, 6) is -0.420. The minimum absolute atomic E-state index is 0.142. The number of benzene rings is 1. The van der Waals surface area contributed by atoms with Gasteiger partial charge in [0.25, 0.3) is 0 Å². The molecule has 0 spiro atoms. The molecule has 0 saturated carbocycles. The van der Waals surface area contributed by atoms with E-state index in [4.69, 9.17) is 23.2 Å². The average molecular weight is 412 g/mol. The van der Waals surface area contributed by atoms with Gasteiger partial charge in [0.2, 0.25) is 5.91 Å². The Morgan fingerprint density at radius 2 is 2.08 bits per heavy atom. The van der Waals surface area contributed by atoms with E-state index in [2.05, 4.69) is 10.6 Å². The van der Waals surface area contributed by atoms with Crippen LogP contribution in [0.15, 0.2) is 35.7 Å². The van der Waals surface area contributed by atoms with Crippen LogP contribution in [0, 0.1) is 5.92 Å².